The van der Waals surface area contributed by atoms with Gasteiger partial charge in [-0.05, 0) is 59.6 Å². The molecule has 2 atom stereocenters. The molecule has 2 rings (SSSR count). The number of rotatable bonds is 16. The van der Waals surface area contributed by atoms with E-state index in [2.05, 4.69) is 17.6 Å². The molecule has 0 aromatic heterocycles. The maximum absolute atomic E-state index is 13.4. The average molecular weight is 658 g/mol. The smallest absolute Gasteiger partial charge is 0.242 e. The zero-order chi connectivity index (χ0) is 35.7. The summed E-state index contributed by atoms with van der Waals surface area (Å²) in [6.45, 7) is 14.6. The van der Waals surface area contributed by atoms with E-state index < -0.39 is 35.6 Å². The second-order valence-corrected chi connectivity index (χ2v) is 12.6. The van der Waals surface area contributed by atoms with Crippen LogP contribution in [-0.4, -0.2) is 83.8 Å². The van der Waals surface area contributed by atoms with E-state index in [1.54, 1.807) is 29.2 Å². The number of nitrogens with zero attached hydrogens (tertiary/aromatic N) is 2. The van der Waals surface area contributed by atoms with Crippen molar-refractivity contribution >= 4 is 23.6 Å². The highest BCUT2D eigenvalue weighted by Gasteiger charge is 2.26. The van der Waals surface area contributed by atoms with Gasteiger partial charge >= 0.3 is 0 Å². The van der Waals surface area contributed by atoms with Crippen LogP contribution in [0.4, 0.5) is 4.39 Å². The Balaban J connectivity index is 0.00000541. The van der Waals surface area contributed by atoms with E-state index >= 15 is 0 Å². The molecule has 0 radical (unpaired) electrons. The fourth-order valence-electron chi connectivity index (χ4n) is 4.91. The average Bonchev–Trinajstić information content (AvgIpc) is 3.01. The molecule has 2 aromatic rings. The molecule has 0 heterocycles. The van der Waals surface area contributed by atoms with Crippen LogP contribution in [0.2, 0.25) is 0 Å². The van der Waals surface area contributed by atoms with E-state index in [9.17, 15) is 28.7 Å². The third-order valence-electron chi connectivity index (χ3n) is 7.53. The molecule has 10 nitrogen and oxygen atoms in total. The number of carbonyl (C=O) groups excluding carboxylic acids is 4. The predicted molar refractivity (Wildman–Crippen MR) is 184 cm³/mol. The van der Waals surface area contributed by atoms with Gasteiger partial charge in [-0.15, -0.1) is 0 Å². The number of amides is 4. The lowest BCUT2D eigenvalue weighted by Gasteiger charge is -2.25. The standard InChI is InChI=1S/C34H50FN5O5.C2H6/c1-7-8-17-40(23(2)41)18-9-16-37-32(44)29(21-25-12-15-30(42)27(19-25)34(3,4)5)38-31(43)22-39(6)33(45)28(36)20-24-10-13-26(35)14-11-24;1-2/h10-15,19,28-29,42H,7-9,16-18,20-22,36H2,1-6H3,(H,37,44)(H,38,43);1-2H3. The normalized spacial score (nSPS) is 12.2. The zero-order valence-corrected chi connectivity index (χ0v) is 29.5. The van der Waals surface area contributed by atoms with Gasteiger partial charge in [0.2, 0.25) is 23.6 Å². The molecule has 2 aromatic carbocycles. The van der Waals surface area contributed by atoms with E-state index in [1.807, 2.05) is 40.7 Å². The summed E-state index contributed by atoms with van der Waals surface area (Å²) in [5.74, 6) is -1.68. The van der Waals surface area contributed by atoms with Gasteiger partial charge in [0.1, 0.15) is 17.6 Å². The highest BCUT2D eigenvalue weighted by molar-refractivity contribution is 5.91. The van der Waals surface area contributed by atoms with Crippen LogP contribution in [0.15, 0.2) is 42.5 Å². The summed E-state index contributed by atoms with van der Waals surface area (Å²) >= 11 is 0. The van der Waals surface area contributed by atoms with Crippen LogP contribution in [0, 0.1) is 5.82 Å². The van der Waals surface area contributed by atoms with Crippen LogP contribution in [0.3, 0.4) is 0 Å². The number of benzene rings is 2. The first kappa shape index (κ1) is 41.0. The summed E-state index contributed by atoms with van der Waals surface area (Å²) < 4.78 is 13.2. The SMILES string of the molecule is CC.CCCCN(CCCNC(=O)C(Cc1ccc(O)c(C(C)(C)C)c1)NC(=O)CN(C)C(=O)C(N)Cc1ccc(F)cc1)C(C)=O. The lowest BCUT2D eigenvalue weighted by molar-refractivity contribution is -0.136. The number of unbranched alkanes of at least 4 members (excludes halogenated alkanes) is 1. The minimum Gasteiger partial charge on any atom is -0.508 e. The second kappa shape index (κ2) is 20.3. The molecule has 5 N–H and O–H groups in total. The monoisotopic (exact) mass is 657 g/mol. The number of aromatic hydroxyl groups is 1. The number of phenols is 1. The molecule has 0 aliphatic carbocycles. The second-order valence-electron chi connectivity index (χ2n) is 12.6. The van der Waals surface area contributed by atoms with E-state index in [4.69, 9.17) is 5.73 Å². The van der Waals surface area contributed by atoms with Gasteiger partial charge in [-0.25, -0.2) is 4.39 Å². The number of halogens is 1. The maximum atomic E-state index is 13.4. The van der Waals surface area contributed by atoms with Crippen molar-refractivity contribution in [2.24, 2.45) is 5.73 Å². The van der Waals surface area contributed by atoms with Gasteiger partial charge in [0.15, 0.2) is 0 Å². The predicted octanol–water partition coefficient (Wildman–Crippen LogP) is 4.07. The Morgan fingerprint density at radius 2 is 1.55 bits per heavy atom. The fourth-order valence-corrected chi connectivity index (χ4v) is 4.91. The van der Waals surface area contributed by atoms with E-state index in [-0.39, 0.29) is 36.5 Å². The molecule has 0 bridgehead atoms. The first-order valence-corrected chi connectivity index (χ1v) is 16.5. The summed E-state index contributed by atoms with van der Waals surface area (Å²) in [5.41, 5.74) is 7.88. The highest BCUT2D eigenvalue weighted by Crippen LogP contribution is 2.31. The maximum Gasteiger partial charge on any atom is 0.242 e. The molecule has 47 heavy (non-hydrogen) atoms. The molecule has 11 heteroatoms. The van der Waals surface area contributed by atoms with E-state index in [0.29, 0.717) is 37.2 Å². The molecular weight excluding hydrogens is 601 g/mol. The number of carbonyl (C=O) groups is 4. The zero-order valence-electron chi connectivity index (χ0n) is 29.5. The molecule has 0 fully saturated rings. The van der Waals surface area contributed by atoms with E-state index in [0.717, 1.165) is 18.4 Å². The summed E-state index contributed by atoms with van der Waals surface area (Å²) in [4.78, 5) is 54.2. The summed E-state index contributed by atoms with van der Waals surface area (Å²) in [6, 6.07) is 8.89. The summed E-state index contributed by atoms with van der Waals surface area (Å²) in [7, 11) is 1.45. The number of phenolic OH excluding ortho intramolecular Hbond substituents is 1. The number of nitrogens with one attached hydrogen (secondary N) is 2. The van der Waals surface area contributed by atoms with Gasteiger partial charge in [0, 0.05) is 40.0 Å². The van der Waals surface area contributed by atoms with Crippen molar-refractivity contribution in [1.29, 1.82) is 0 Å². The Bertz CT molecular complexity index is 1300. The Kier molecular flexibility index (Phi) is 17.7. The Hall–Kier alpha value is -3.99. The van der Waals surface area contributed by atoms with Gasteiger partial charge in [-0.1, -0.05) is 72.2 Å². The molecule has 0 spiro atoms. The number of likely N-dealkylation sites (N-methyl/N-ethyl adjacent to an activating group) is 1. The molecule has 2 unspecified atom stereocenters. The Morgan fingerprint density at radius 3 is 2.13 bits per heavy atom. The number of nitrogens with two attached hydrogens (primary N) is 1. The first-order valence-electron chi connectivity index (χ1n) is 16.5. The van der Waals surface area contributed by atoms with Crippen molar-refractivity contribution in [1.82, 2.24) is 20.4 Å². The largest absolute Gasteiger partial charge is 0.508 e. The van der Waals surface area contributed by atoms with Crippen LogP contribution in [0.1, 0.15) is 84.4 Å². The molecular formula is C36H56FN5O5. The van der Waals surface area contributed by atoms with Crippen molar-refractivity contribution in [2.45, 2.75) is 98.1 Å². The molecule has 0 saturated heterocycles. The topological polar surface area (TPSA) is 145 Å². The van der Waals surface area contributed by atoms with Gasteiger partial charge < -0.3 is 31.3 Å². The van der Waals surface area contributed by atoms with Crippen molar-refractivity contribution in [3.63, 3.8) is 0 Å². The first-order chi connectivity index (χ1) is 22.1. The minimum absolute atomic E-state index is 0.0158. The third kappa shape index (κ3) is 14.5. The third-order valence-corrected chi connectivity index (χ3v) is 7.53. The van der Waals surface area contributed by atoms with Gasteiger partial charge in [0.25, 0.3) is 0 Å². The van der Waals surface area contributed by atoms with Crippen molar-refractivity contribution < 1.29 is 28.7 Å². The lowest BCUT2D eigenvalue weighted by Crippen LogP contribution is -2.52. The molecule has 262 valence electrons. The molecule has 0 aliphatic rings. The highest BCUT2D eigenvalue weighted by atomic mass is 19.1. The van der Waals surface area contributed by atoms with Crippen molar-refractivity contribution in [3.8, 4) is 5.75 Å². The van der Waals surface area contributed by atoms with Crippen LogP contribution in [0.5, 0.6) is 5.75 Å². The number of hydrogen-bond donors (Lipinski definition) is 4. The minimum atomic E-state index is -0.963. The van der Waals surface area contributed by atoms with Crippen LogP contribution < -0.4 is 16.4 Å². The van der Waals surface area contributed by atoms with E-state index in [1.165, 1.54) is 31.0 Å². The van der Waals surface area contributed by atoms with Crippen molar-refractivity contribution in [2.75, 3.05) is 33.2 Å². The fraction of sp³-hybridized carbons (Fsp3) is 0.556. The molecule has 4 amide bonds. The van der Waals surface area contributed by atoms with Crippen LogP contribution in [0.25, 0.3) is 0 Å². The lowest BCUT2D eigenvalue weighted by atomic mass is 9.84. The van der Waals surface area contributed by atoms with Crippen LogP contribution in [-0.2, 0) is 37.4 Å². The summed E-state index contributed by atoms with van der Waals surface area (Å²) in [5, 5.41) is 16.0. The van der Waals surface area contributed by atoms with Crippen molar-refractivity contribution in [3.05, 3.63) is 65.0 Å². The Morgan fingerprint density at radius 1 is 0.957 bits per heavy atom. The molecule has 0 aliphatic heterocycles. The van der Waals surface area contributed by atoms with Gasteiger partial charge in [0.05, 0.1) is 12.6 Å². The quantitative estimate of drug-likeness (QED) is 0.201. The number of hydrogen-bond acceptors (Lipinski definition) is 6. The molecule has 0 saturated carbocycles. The van der Waals surface area contributed by atoms with Gasteiger partial charge in [-0.2, -0.15) is 0 Å². The Labute approximate surface area is 280 Å². The summed E-state index contributed by atoms with van der Waals surface area (Å²) in [6.07, 6.45) is 2.74. The van der Waals surface area contributed by atoms with Gasteiger partial charge in [-0.3, -0.25) is 19.2 Å². The van der Waals surface area contributed by atoms with Crippen LogP contribution >= 0.6 is 0 Å².